The van der Waals surface area contributed by atoms with Crippen molar-refractivity contribution in [1.29, 1.82) is 0 Å². The average Bonchev–Trinajstić information content (AvgIpc) is 2.64. The van der Waals surface area contributed by atoms with Crippen LogP contribution in [0.5, 0.6) is 5.75 Å². The molecule has 4 heteroatoms. The molecule has 2 aromatic rings. The maximum absolute atomic E-state index is 12.8. The number of hydrogen-bond donors (Lipinski definition) is 1. The largest absolute Gasteiger partial charge is 0.491 e. The number of benzene rings is 2. The molecule has 3 rings (SSSR count). The van der Waals surface area contributed by atoms with Gasteiger partial charge < -0.3 is 10.1 Å². The van der Waals surface area contributed by atoms with Gasteiger partial charge in [0.1, 0.15) is 5.75 Å². The Morgan fingerprint density at radius 1 is 1.22 bits per heavy atom. The summed E-state index contributed by atoms with van der Waals surface area (Å²) in [6.07, 6.45) is 2.11. The fraction of sp³-hybridized carbons (Fsp3) is 0.435. The van der Waals surface area contributed by atoms with Crippen LogP contribution in [0.1, 0.15) is 37.8 Å². The molecule has 1 aliphatic heterocycles. The van der Waals surface area contributed by atoms with Crippen molar-refractivity contribution in [3.05, 3.63) is 59.7 Å². The maximum Gasteiger partial charge on any atom is 0.228 e. The van der Waals surface area contributed by atoms with E-state index in [1.807, 2.05) is 38.1 Å². The van der Waals surface area contributed by atoms with Crippen molar-refractivity contribution in [3.8, 4) is 5.75 Å². The standard InChI is InChI=1S/C23H30N2O2/c1-17(2)27-22-8-4-7-21(14-22)24-23(26)20-6-5-13-25(16-20)15-19-11-9-18(3)10-12-19/h4,7-12,14,17,20H,5-6,13,15-16H2,1-3H3,(H,24,26). The van der Waals surface area contributed by atoms with E-state index in [1.165, 1.54) is 11.1 Å². The Morgan fingerprint density at radius 2 is 2.00 bits per heavy atom. The molecule has 144 valence electrons. The van der Waals surface area contributed by atoms with Crippen LogP contribution in [0.4, 0.5) is 5.69 Å². The number of hydrogen-bond acceptors (Lipinski definition) is 3. The van der Waals surface area contributed by atoms with Gasteiger partial charge in [-0.15, -0.1) is 0 Å². The van der Waals surface area contributed by atoms with E-state index >= 15 is 0 Å². The van der Waals surface area contributed by atoms with Crippen molar-refractivity contribution in [2.24, 2.45) is 5.92 Å². The number of nitrogens with zero attached hydrogens (tertiary/aromatic N) is 1. The van der Waals surface area contributed by atoms with Gasteiger partial charge in [-0.25, -0.2) is 0 Å². The van der Waals surface area contributed by atoms with E-state index in [-0.39, 0.29) is 17.9 Å². The molecule has 1 saturated heterocycles. The van der Waals surface area contributed by atoms with Gasteiger partial charge in [0.2, 0.25) is 5.91 Å². The van der Waals surface area contributed by atoms with Crippen molar-refractivity contribution in [1.82, 2.24) is 4.90 Å². The fourth-order valence-electron chi connectivity index (χ4n) is 3.53. The maximum atomic E-state index is 12.8. The summed E-state index contributed by atoms with van der Waals surface area (Å²) >= 11 is 0. The lowest BCUT2D eigenvalue weighted by Gasteiger charge is -2.32. The Morgan fingerprint density at radius 3 is 2.74 bits per heavy atom. The first kappa shape index (κ1) is 19.4. The predicted molar refractivity (Wildman–Crippen MR) is 110 cm³/mol. The molecule has 1 atom stereocenters. The molecule has 0 radical (unpaired) electrons. The molecule has 1 aliphatic rings. The van der Waals surface area contributed by atoms with Gasteiger partial charge in [-0.3, -0.25) is 9.69 Å². The van der Waals surface area contributed by atoms with Gasteiger partial charge in [0, 0.05) is 24.8 Å². The summed E-state index contributed by atoms with van der Waals surface area (Å²) in [5.41, 5.74) is 3.38. The molecule has 0 saturated carbocycles. The molecule has 1 N–H and O–H groups in total. The first-order valence-corrected chi connectivity index (χ1v) is 9.85. The summed E-state index contributed by atoms with van der Waals surface area (Å²) in [6, 6.07) is 16.3. The van der Waals surface area contributed by atoms with Crippen LogP contribution in [0.2, 0.25) is 0 Å². The number of amides is 1. The number of piperidine rings is 1. The molecule has 1 unspecified atom stereocenters. The first-order chi connectivity index (χ1) is 13.0. The SMILES string of the molecule is Cc1ccc(CN2CCCC(C(=O)Nc3cccc(OC(C)C)c3)C2)cc1. The van der Waals surface area contributed by atoms with Gasteiger partial charge in [0.25, 0.3) is 0 Å². The molecule has 27 heavy (non-hydrogen) atoms. The highest BCUT2D eigenvalue weighted by Crippen LogP contribution is 2.23. The minimum absolute atomic E-state index is 0.0267. The first-order valence-electron chi connectivity index (χ1n) is 9.85. The molecular weight excluding hydrogens is 336 g/mol. The third-order valence-corrected chi connectivity index (χ3v) is 4.88. The summed E-state index contributed by atoms with van der Waals surface area (Å²) in [6.45, 7) is 8.86. The van der Waals surface area contributed by atoms with Crippen molar-refractivity contribution >= 4 is 11.6 Å². The number of likely N-dealkylation sites (tertiary alicyclic amines) is 1. The van der Waals surface area contributed by atoms with Crippen LogP contribution >= 0.6 is 0 Å². The third kappa shape index (κ3) is 5.83. The molecule has 1 amide bonds. The zero-order valence-electron chi connectivity index (χ0n) is 16.6. The Labute approximate surface area is 162 Å². The highest BCUT2D eigenvalue weighted by Gasteiger charge is 2.26. The second kappa shape index (κ2) is 9.05. The quantitative estimate of drug-likeness (QED) is 0.810. The van der Waals surface area contributed by atoms with Gasteiger partial charge in [0.05, 0.1) is 12.0 Å². The second-order valence-corrected chi connectivity index (χ2v) is 7.74. The number of nitrogens with one attached hydrogen (secondary N) is 1. The minimum Gasteiger partial charge on any atom is -0.491 e. The number of carbonyl (C=O) groups is 1. The Kier molecular flexibility index (Phi) is 6.51. The molecule has 0 bridgehead atoms. The van der Waals surface area contributed by atoms with E-state index in [2.05, 4.69) is 41.4 Å². The summed E-state index contributed by atoms with van der Waals surface area (Å²) < 4.78 is 5.71. The van der Waals surface area contributed by atoms with Crippen LogP contribution in [0, 0.1) is 12.8 Å². The molecular formula is C23H30N2O2. The van der Waals surface area contributed by atoms with E-state index in [9.17, 15) is 4.79 Å². The van der Waals surface area contributed by atoms with Gasteiger partial charge in [-0.1, -0.05) is 35.9 Å². The van der Waals surface area contributed by atoms with Crippen LogP contribution in [0.15, 0.2) is 48.5 Å². The number of aryl methyl sites for hydroxylation is 1. The van der Waals surface area contributed by atoms with Gasteiger partial charge in [-0.05, 0) is 57.9 Å². The van der Waals surface area contributed by atoms with Crippen LogP contribution in [-0.4, -0.2) is 30.0 Å². The highest BCUT2D eigenvalue weighted by molar-refractivity contribution is 5.92. The summed E-state index contributed by atoms with van der Waals surface area (Å²) in [4.78, 5) is 15.2. The van der Waals surface area contributed by atoms with Crippen LogP contribution < -0.4 is 10.1 Å². The molecule has 0 aromatic heterocycles. The monoisotopic (exact) mass is 366 g/mol. The molecule has 1 fully saturated rings. The van der Waals surface area contributed by atoms with Crippen LogP contribution in [0.3, 0.4) is 0 Å². The lowest BCUT2D eigenvalue weighted by molar-refractivity contribution is -0.121. The van der Waals surface area contributed by atoms with Crippen LogP contribution in [0.25, 0.3) is 0 Å². The van der Waals surface area contributed by atoms with Gasteiger partial charge >= 0.3 is 0 Å². The Hall–Kier alpha value is -2.33. The van der Waals surface area contributed by atoms with E-state index in [0.29, 0.717) is 0 Å². The summed E-state index contributed by atoms with van der Waals surface area (Å²) in [5.74, 6) is 0.914. The minimum atomic E-state index is 0.0267. The van der Waals surface area contributed by atoms with Gasteiger partial charge in [-0.2, -0.15) is 0 Å². The normalized spacial score (nSPS) is 17.7. The van der Waals surface area contributed by atoms with Crippen LogP contribution in [-0.2, 0) is 11.3 Å². The average molecular weight is 367 g/mol. The summed E-state index contributed by atoms with van der Waals surface area (Å²) in [7, 11) is 0. The number of ether oxygens (including phenoxy) is 1. The van der Waals surface area contributed by atoms with E-state index < -0.39 is 0 Å². The highest BCUT2D eigenvalue weighted by atomic mass is 16.5. The zero-order valence-corrected chi connectivity index (χ0v) is 16.6. The fourth-order valence-corrected chi connectivity index (χ4v) is 3.53. The molecule has 4 nitrogen and oxygen atoms in total. The molecule has 0 spiro atoms. The van der Waals surface area contributed by atoms with Crippen molar-refractivity contribution in [2.75, 3.05) is 18.4 Å². The number of anilines is 1. The van der Waals surface area contributed by atoms with E-state index in [1.54, 1.807) is 0 Å². The lowest BCUT2D eigenvalue weighted by Crippen LogP contribution is -2.40. The van der Waals surface area contributed by atoms with E-state index in [4.69, 9.17) is 4.74 Å². The van der Waals surface area contributed by atoms with Gasteiger partial charge in [0.15, 0.2) is 0 Å². The van der Waals surface area contributed by atoms with Crippen molar-refractivity contribution in [3.63, 3.8) is 0 Å². The lowest BCUT2D eigenvalue weighted by atomic mass is 9.96. The number of carbonyl (C=O) groups excluding carboxylic acids is 1. The van der Waals surface area contributed by atoms with E-state index in [0.717, 1.165) is 43.9 Å². The smallest absolute Gasteiger partial charge is 0.228 e. The zero-order chi connectivity index (χ0) is 19.2. The third-order valence-electron chi connectivity index (χ3n) is 4.88. The Balaban J connectivity index is 1.57. The van der Waals surface area contributed by atoms with Crippen molar-refractivity contribution < 1.29 is 9.53 Å². The molecule has 0 aliphatic carbocycles. The predicted octanol–water partition coefficient (Wildman–Crippen LogP) is 4.63. The topological polar surface area (TPSA) is 41.6 Å². The number of rotatable bonds is 6. The Bertz CT molecular complexity index is 755. The molecule has 2 aromatic carbocycles. The second-order valence-electron chi connectivity index (χ2n) is 7.74. The van der Waals surface area contributed by atoms with Crippen molar-refractivity contribution in [2.45, 2.75) is 46.3 Å². The molecule has 1 heterocycles. The summed E-state index contributed by atoms with van der Waals surface area (Å²) in [5, 5.41) is 3.07.